The van der Waals surface area contributed by atoms with E-state index in [1.165, 1.54) is 4.31 Å². The maximum Gasteiger partial charge on any atom is 0.248 e. The molecular weight excluding hydrogens is 404 g/mol. The average Bonchev–Trinajstić information content (AvgIpc) is 2.55. The zero-order valence-corrected chi connectivity index (χ0v) is 16.8. The largest absolute Gasteiger partial charge is 0.324 e. The molecule has 1 amide bonds. The van der Waals surface area contributed by atoms with Crippen molar-refractivity contribution in [3.63, 3.8) is 0 Å². The summed E-state index contributed by atoms with van der Waals surface area (Å²) >= 11 is 3.42. The van der Waals surface area contributed by atoms with Gasteiger partial charge in [-0.2, -0.15) is 0 Å². The molecular formula is C18H21BrN2O3S. The second-order valence-electron chi connectivity index (χ2n) is 5.77. The molecule has 1 N–H and O–H groups in total. The minimum Gasteiger partial charge on any atom is -0.324 e. The SMILES string of the molecule is CC[C@H](C(=O)Nc1ccc(Br)c(C)c1)N(c1ccccc1)S(C)(=O)=O. The maximum absolute atomic E-state index is 12.8. The quantitative estimate of drug-likeness (QED) is 0.763. The van der Waals surface area contributed by atoms with E-state index in [1.807, 2.05) is 19.1 Å². The Kier molecular flexibility index (Phi) is 6.24. The number of sulfonamides is 1. The molecule has 134 valence electrons. The molecule has 2 aromatic rings. The molecule has 0 heterocycles. The van der Waals surface area contributed by atoms with Crippen LogP contribution in [0.4, 0.5) is 11.4 Å². The lowest BCUT2D eigenvalue weighted by molar-refractivity contribution is -0.117. The molecule has 0 saturated heterocycles. The number of carbonyl (C=O) groups is 1. The molecule has 0 radical (unpaired) electrons. The molecule has 25 heavy (non-hydrogen) atoms. The number of rotatable bonds is 6. The summed E-state index contributed by atoms with van der Waals surface area (Å²) in [6.07, 6.45) is 1.46. The Balaban J connectivity index is 2.34. The van der Waals surface area contributed by atoms with Gasteiger partial charge in [-0.3, -0.25) is 9.10 Å². The molecule has 5 nitrogen and oxygen atoms in total. The molecule has 0 saturated carbocycles. The van der Waals surface area contributed by atoms with E-state index in [9.17, 15) is 13.2 Å². The van der Waals surface area contributed by atoms with E-state index in [-0.39, 0.29) is 5.91 Å². The summed E-state index contributed by atoms with van der Waals surface area (Å²) in [5.74, 6) is -0.362. The molecule has 0 unspecified atom stereocenters. The van der Waals surface area contributed by atoms with Crippen LogP contribution in [-0.2, 0) is 14.8 Å². The van der Waals surface area contributed by atoms with E-state index in [0.29, 0.717) is 17.8 Å². The number of halogens is 1. The Morgan fingerprint density at radius 2 is 1.84 bits per heavy atom. The topological polar surface area (TPSA) is 66.5 Å². The first-order valence-electron chi connectivity index (χ1n) is 7.85. The number of amides is 1. The number of nitrogens with one attached hydrogen (secondary N) is 1. The van der Waals surface area contributed by atoms with Gasteiger partial charge < -0.3 is 5.32 Å². The summed E-state index contributed by atoms with van der Waals surface area (Å²) in [4.78, 5) is 12.8. The Hall–Kier alpha value is -1.86. The first-order chi connectivity index (χ1) is 11.7. The number of aryl methyl sites for hydroxylation is 1. The van der Waals surface area contributed by atoms with Gasteiger partial charge in [0.15, 0.2) is 0 Å². The number of hydrogen-bond acceptors (Lipinski definition) is 3. The summed E-state index contributed by atoms with van der Waals surface area (Å²) in [6.45, 7) is 3.71. The molecule has 7 heteroatoms. The molecule has 0 spiro atoms. The number of carbonyl (C=O) groups excluding carboxylic acids is 1. The Morgan fingerprint density at radius 1 is 1.20 bits per heavy atom. The van der Waals surface area contributed by atoms with Crippen molar-refractivity contribution >= 4 is 43.2 Å². The van der Waals surface area contributed by atoms with Crippen molar-refractivity contribution in [2.45, 2.75) is 26.3 Å². The fourth-order valence-electron chi connectivity index (χ4n) is 2.58. The minimum absolute atomic E-state index is 0.351. The second kappa shape index (κ2) is 8.01. The van der Waals surface area contributed by atoms with E-state index < -0.39 is 16.1 Å². The predicted molar refractivity (Wildman–Crippen MR) is 105 cm³/mol. The van der Waals surface area contributed by atoms with Gasteiger partial charge in [-0.25, -0.2) is 8.42 Å². The monoisotopic (exact) mass is 424 g/mol. The summed E-state index contributed by atoms with van der Waals surface area (Å²) in [7, 11) is -3.62. The summed E-state index contributed by atoms with van der Waals surface area (Å²) < 4.78 is 26.8. The van der Waals surface area contributed by atoms with Crippen LogP contribution in [-0.4, -0.2) is 26.6 Å². The van der Waals surface area contributed by atoms with Gasteiger partial charge in [0.2, 0.25) is 15.9 Å². The number of benzene rings is 2. The highest BCUT2D eigenvalue weighted by molar-refractivity contribution is 9.10. The molecule has 0 aliphatic carbocycles. The summed E-state index contributed by atoms with van der Waals surface area (Å²) in [6, 6.07) is 13.3. The molecule has 1 atom stereocenters. The number of anilines is 2. The van der Waals surface area contributed by atoms with Crippen LogP contribution in [0.3, 0.4) is 0 Å². The Morgan fingerprint density at radius 3 is 2.36 bits per heavy atom. The second-order valence-corrected chi connectivity index (χ2v) is 8.49. The van der Waals surface area contributed by atoms with Crippen molar-refractivity contribution in [1.29, 1.82) is 0 Å². The molecule has 0 fully saturated rings. The predicted octanol–water partition coefficient (Wildman–Crippen LogP) is 3.94. The van der Waals surface area contributed by atoms with Crippen LogP contribution in [0.1, 0.15) is 18.9 Å². The third-order valence-electron chi connectivity index (χ3n) is 3.77. The summed E-state index contributed by atoms with van der Waals surface area (Å²) in [5, 5.41) is 2.82. The normalized spacial score (nSPS) is 12.5. The molecule has 0 aliphatic rings. The van der Waals surface area contributed by atoms with Crippen LogP contribution in [0, 0.1) is 6.92 Å². The molecule has 0 aliphatic heterocycles. The molecule has 2 rings (SSSR count). The standard InChI is InChI=1S/C18H21BrN2O3S/c1-4-17(18(22)20-14-10-11-16(19)13(2)12-14)21(25(3,23)24)15-8-6-5-7-9-15/h5-12,17H,4H2,1-3H3,(H,20,22)/t17-/m1/s1. The lowest BCUT2D eigenvalue weighted by Crippen LogP contribution is -2.46. The van der Waals surface area contributed by atoms with Gasteiger partial charge >= 0.3 is 0 Å². The zero-order valence-electron chi connectivity index (χ0n) is 14.4. The van der Waals surface area contributed by atoms with Gasteiger partial charge in [0, 0.05) is 10.2 Å². The maximum atomic E-state index is 12.8. The zero-order chi connectivity index (χ0) is 18.6. The van der Waals surface area contributed by atoms with Crippen LogP contribution in [0.25, 0.3) is 0 Å². The first-order valence-corrected chi connectivity index (χ1v) is 10.5. The highest BCUT2D eigenvalue weighted by Crippen LogP contribution is 2.24. The van der Waals surface area contributed by atoms with Crippen molar-refractivity contribution in [2.75, 3.05) is 15.9 Å². The Bertz CT molecular complexity index is 854. The van der Waals surface area contributed by atoms with Gasteiger partial charge in [0.1, 0.15) is 6.04 Å². The van der Waals surface area contributed by atoms with E-state index in [4.69, 9.17) is 0 Å². The van der Waals surface area contributed by atoms with Crippen molar-refractivity contribution in [3.8, 4) is 0 Å². The van der Waals surface area contributed by atoms with Crippen molar-refractivity contribution in [2.24, 2.45) is 0 Å². The van der Waals surface area contributed by atoms with Crippen LogP contribution in [0.2, 0.25) is 0 Å². The van der Waals surface area contributed by atoms with Crippen LogP contribution in [0.15, 0.2) is 53.0 Å². The number of para-hydroxylation sites is 1. The first kappa shape index (κ1) is 19.5. The highest BCUT2D eigenvalue weighted by atomic mass is 79.9. The van der Waals surface area contributed by atoms with Crippen molar-refractivity contribution in [1.82, 2.24) is 0 Å². The Labute approximate surface area is 157 Å². The average molecular weight is 425 g/mol. The van der Waals surface area contributed by atoms with Gasteiger partial charge in [0.25, 0.3) is 0 Å². The lowest BCUT2D eigenvalue weighted by atomic mass is 10.1. The van der Waals surface area contributed by atoms with E-state index >= 15 is 0 Å². The molecule has 0 aromatic heterocycles. The molecule has 2 aromatic carbocycles. The van der Waals surface area contributed by atoms with Gasteiger partial charge in [-0.05, 0) is 49.2 Å². The van der Waals surface area contributed by atoms with Crippen molar-refractivity contribution in [3.05, 3.63) is 58.6 Å². The minimum atomic E-state index is -3.62. The summed E-state index contributed by atoms with van der Waals surface area (Å²) in [5.41, 5.74) is 2.08. The third-order valence-corrected chi connectivity index (χ3v) is 5.84. The van der Waals surface area contributed by atoms with E-state index in [1.54, 1.807) is 43.3 Å². The van der Waals surface area contributed by atoms with Gasteiger partial charge in [0.05, 0.1) is 11.9 Å². The van der Waals surface area contributed by atoms with Crippen LogP contribution in [0.5, 0.6) is 0 Å². The van der Waals surface area contributed by atoms with Crippen LogP contribution >= 0.6 is 15.9 Å². The number of hydrogen-bond donors (Lipinski definition) is 1. The smallest absolute Gasteiger partial charge is 0.248 e. The van der Waals surface area contributed by atoms with E-state index in [2.05, 4.69) is 21.2 Å². The molecule has 0 bridgehead atoms. The fraction of sp³-hybridized carbons (Fsp3) is 0.278. The highest BCUT2D eigenvalue weighted by Gasteiger charge is 2.31. The third kappa shape index (κ3) is 4.83. The van der Waals surface area contributed by atoms with Crippen LogP contribution < -0.4 is 9.62 Å². The number of nitrogens with zero attached hydrogens (tertiary/aromatic N) is 1. The lowest BCUT2D eigenvalue weighted by Gasteiger charge is -2.30. The fourth-order valence-corrected chi connectivity index (χ4v) is 4.04. The van der Waals surface area contributed by atoms with Gasteiger partial charge in [-0.15, -0.1) is 0 Å². The van der Waals surface area contributed by atoms with Gasteiger partial charge in [-0.1, -0.05) is 41.1 Å². The van der Waals surface area contributed by atoms with E-state index in [0.717, 1.165) is 16.3 Å². The van der Waals surface area contributed by atoms with Crippen molar-refractivity contribution < 1.29 is 13.2 Å².